The molecule has 0 fully saturated rings. The maximum absolute atomic E-state index is 12.0. The average Bonchev–Trinajstić information content (AvgIpc) is 3.01. The molecular weight excluding hydrogens is 334 g/mol. The molecule has 0 radical (unpaired) electrons. The molecule has 132 valence electrons. The lowest BCUT2D eigenvalue weighted by molar-refractivity contribution is -0.150. The van der Waals surface area contributed by atoms with Gasteiger partial charge in [-0.15, -0.1) is 0 Å². The molecule has 0 saturated heterocycles. The minimum Gasteiger partial charge on any atom is -0.478 e. The third-order valence-corrected chi connectivity index (χ3v) is 3.81. The van der Waals surface area contributed by atoms with Crippen molar-refractivity contribution in [1.29, 1.82) is 0 Å². The Morgan fingerprint density at radius 2 is 2.21 bits per heavy atom. The second kappa shape index (κ2) is 8.35. The number of carbonyl (C=O) groups excluding carboxylic acids is 1. The molecule has 0 amide bonds. The lowest BCUT2D eigenvalue weighted by Gasteiger charge is -2.22. The molecule has 0 aliphatic carbocycles. The number of esters is 1. The van der Waals surface area contributed by atoms with E-state index in [0.717, 1.165) is 0 Å². The van der Waals surface area contributed by atoms with Crippen molar-refractivity contribution in [2.24, 2.45) is 11.1 Å². The van der Waals surface area contributed by atoms with Gasteiger partial charge in [0.25, 0.3) is 0 Å². The molecule has 1 unspecified atom stereocenters. The van der Waals surface area contributed by atoms with Crippen LogP contribution in [0.1, 0.15) is 26.3 Å². The number of hydrogen-bond acceptors (Lipinski definition) is 6. The van der Waals surface area contributed by atoms with Gasteiger partial charge < -0.3 is 19.0 Å². The maximum Gasteiger partial charge on any atom is 0.347 e. The minimum absolute atomic E-state index is 0.0644. The zero-order chi connectivity index (χ0) is 17.7. The predicted octanol–water partition coefficient (Wildman–Crippen LogP) is 3.06. The third kappa shape index (κ3) is 4.19. The number of oxime groups is 1. The van der Waals surface area contributed by atoms with Crippen molar-refractivity contribution in [1.82, 2.24) is 0 Å². The zero-order valence-electron chi connectivity index (χ0n) is 14.2. The first-order valence-electron chi connectivity index (χ1n) is 7.83. The van der Waals surface area contributed by atoms with Crippen LogP contribution in [0.3, 0.4) is 0 Å². The molecule has 0 aromatic heterocycles. The van der Waals surface area contributed by atoms with Crippen molar-refractivity contribution < 1.29 is 23.8 Å². The van der Waals surface area contributed by atoms with Crippen LogP contribution in [0, 0.1) is 5.92 Å². The van der Waals surface area contributed by atoms with E-state index in [9.17, 15) is 4.79 Å². The monoisotopic (exact) mass is 355 g/mol. The van der Waals surface area contributed by atoms with E-state index in [1.807, 2.05) is 20.8 Å². The van der Waals surface area contributed by atoms with Crippen LogP contribution in [0.15, 0.2) is 23.4 Å². The molecule has 0 bridgehead atoms. The lowest BCUT2D eigenvalue weighted by atomic mass is 10.0. The van der Waals surface area contributed by atoms with Crippen LogP contribution in [0.2, 0.25) is 5.02 Å². The second-order valence-electron chi connectivity index (χ2n) is 5.66. The standard InChI is InChI=1S/C17H22ClNO5/c1-5-22-14-9-23-19-15(14)12-8-11(18)6-7-13(12)24-16(10(2)3)17(20)21-4/h6-8,10,14,16H,5,9H2,1-4H3/t14?,16-/m0/s1. The summed E-state index contributed by atoms with van der Waals surface area (Å²) >= 11 is 6.13. The Bertz CT molecular complexity index is 617. The van der Waals surface area contributed by atoms with Gasteiger partial charge in [-0.25, -0.2) is 4.79 Å². The Balaban J connectivity index is 2.36. The number of ether oxygens (including phenoxy) is 3. The SMILES string of the molecule is CCOC1CON=C1c1cc(Cl)ccc1O[C@H](C(=O)OC)C(C)C. The molecule has 7 heteroatoms. The van der Waals surface area contributed by atoms with Gasteiger partial charge in [-0.2, -0.15) is 0 Å². The highest BCUT2D eigenvalue weighted by Crippen LogP contribution is 2.29. The molecule has 2 rings (SSSR count). The van der Waals surface area contributed by atoms with Gasteiger partial charge in [0.1, 0.15) is 24.2 Å². The molecule has 0 saturated carbocycles. The van der Waals surface area contributed by atoms with Crippen molar-refractivity contribution in [2.75, 3.05) is 20.3 Å². The van der Waals surface area contributed by atoms with E-state index in [1.54, 1.807) is 18.2 Å². The van der Waals surface area contributed by atoms with Gasteiger partial charge in [-0.1, -0.05) is 30.6 Å². The molecule has 1 aliphatic heterocycles. The van der Waals surface area contributed by atoms with Gasteiger partial charge in [-0.3, -0.25) is 0 Å². The summed E-state index contributed by atoms with van der Waals surface area (Å²) in [7, 11) is 1.34. The molecule has 1 aromatic carbocycles. The summed E-state index contributed by atoms with van der Waals surface area (Å²) in [6, 6.07) is 5.13. The van der Waals surface area contributed by atoms with Gasteiger partial charge >= 0.3 is 5.97 Å². The Morgan fingerprint density at radius 1 is 1.46 bits per heavy atom. The van der Waals surface area contributed by atoms with Gasteiger partial charge in [0.2, 0.25) is 0 Å². The normalized spacial score (nSPS) is 18.1. The summed E-state index contributed by atoms with van der Waals surface area (Å²) in [6.45, 7) is 6.53. The van der Waals surface area contributed by atoms with Crippen LogP contribution in [-0.4, -0.2) is 44.2 Å². The van der Waals surface area contributed by atoms with Crippen LogP contribution in [0.4, 0.5) is 0 Å². The largest absolute Gasteiger partial charge is 0.478 e. The number of benzene rings is 1. The van der Waals surface area contributed by atoms with E-state index in [4.69, 9.17) is 30.6 Å². The van der Waals surface area contributed by atoms with E-state index in [1.165, 1.54) is 7.11 Å². The number of rotatable bonds is 7. The summed E-state index contributed by atoms with van der Waals surface area (Å²) in [5.41, 5.74) is 1.25. The minimum atomic E-state index is -0.733. The van der Waals surface area contributed by atoms with E-state index in [0.29, 0.717) is 35.3 Å². The number of carbonyl (C=O) groups is 1. The smallest absolute Gasteiger partial charge is 0.347 e. The van der Waals surface area contributed by atoms with Gasteiger partial charge in [0, 0.05) is 23.1 Å². The van der Waals surface area contributed by atoms with Gasteiger partial charge in [0.05, 0.1) is 7.11 Å². The first-order chi connectivity index (χ1) is 11.5. The van der Waals surface area contributed by atoms with Crippen LogP contribution in [0.25, 0.3) is 0 Å². The van der Waals surface area contributed by atoms with E-state index < -0.39 is 12.1 Å². The van der Waals surface area contributed by atoms with Crippen LogP contribution in [-0.2, 0) is 19.1 Å². The highest BCUT2D eigenvalue weighted by molar-refractivity contribution is 6.31. The number of hydrogen-bond donors (Lipinski definition) is 0. The predicted molar refractivity (Wildman–Crippen MR) is 90.6 cm³/mol. The topological polar surface area (TPSA) is 66.3 Å². The van der Waals surface area contributed by atoms with Crippen molar-refractivity contribution in [3.8, 4) is 5.75 Å². The summed E-state index contributed by atoms with van der Waals surface area (Å²) < 4.78 is 16.4. The Labute approximate surface area is 146 Å². The molecule has 1 aromatic rings. The summed E-state index contributed by atoms with van der Waals surface area (Å²) in [5.74, 6) is -0.0141. The summed E-state index contributed by atoms with van der Waals surface area (Å²) in [4.78, 5) is 17.1. The Morgan fingerprint density at radius 3 is 2.83 bits per heavy atom. The quantitative estimate of drug-likeness (QED) is 0.703. The highest BCUT2D eigenvalue weighted by Gasteiger charge is 2.31. The van der Waals surface area contributed by atoms with E-state index in [2.05, 4.69) is 5.16 Å². The fourth-order valence-electron chi connectivity index (χ4n) is 2.38. The molecule has 6 nitrogen and oxygen atoms in total. The van der Waals surface area contributed by atoms with Crippen LogP contribution < -0.4 is 4.74 Å². The summed E-state index contributed by atoms with van der Waals surface area (Å²) in [5, 5.41) is 4.59. The first-order valence-corrected chi connectivity index (χ1v) is 8.21. The lowest BCUT2D eigenvalue weighted by Crippen LogP contribution is -2.34. The van der Waals surface area contributed by atoms with Crippen molar-refractivity contribution in [3.05, 3.63) is 28.8 Å². The second-order valence-corrected chi connectivity index (χ2v) is 6.10. The average molecular weight is 356 g/mol. The molecular formula is C17H22ClNO5. The van der Waals surface area contributed by atoms with Crippen molar-refractivity contribution in [3.63, 3.8) is 0 Å². The highest BCUT2D eigenvalue weighted by atomic mass is 35.5. The Hall–Kier alpha value is -1.79. The van der Waals surface area contributed by atoms with Crippen molar-refractivity contribution >= 4 is 23.3 Å². The number of nitrogens with zero attached hydrogens (tertiary/aromatic N) is 1. The molecule has 24 heavy (non-hydrogen) atoms. The van der Waals surface area contributed by atoms with Crippen LogP contribution in [0.5, 0.6) is 5.75 Å². The molecule has 0 spiro atoms. The van der Waals surface area contributed by atoms with Gasteiger partial charge in [0.15, 0.2) is 6.10 Å². The van der Waals surface area contributed by atoms with Crippen LogP contribution >= 0.6 is 11.6 Å². The fourth-order valence-corrected chi connectivity index (χ4v) is 2.55. The molecule has 2 atom stereocenters. The number of halogens is 1. The first kappa shape index (κ1) is 18.5. The zero-order valence-corrected chi connectivity index (χ0v) is 15.0. The molecule has 1 heterocycles. The number of methoxy groups -OCH3 is 1. The van der Waals surface area contributed by atoms with Gasteiger partial charge in [-0.05, 0) is 25.1 Å². The van der Waals surface area contributed by atoms with E-state index in [-0.39, 0.29) is 12.0 Å². The van der Waals surface area contributed by atoms with E-state index >= 15 is 0 Å². The fraction of sp³-hybridized carbons (Fsp3) is 0.529. The van der Waals surface area contributed by atoms with Crippen molar-refractivity contribution in [2.45, 2.75) is 33.0 Å². The third-order valence-electron chi connectivity index (χ3n) is 3.57. The molecule has 1 aliphatic rings. The summed E-state index contributed by atoms with van der Waals surface area (Å²) in [6.07, 6.45) is -1.03. The maximum atomic E-state index is 12.0. The molecule has 0 N–H and O–H groups in total. The Kier molecular flexibility index (Phi) is 6.45.